The van der Waals surface area contributed by atoms with Crippen molar-refractivity contribution in [3.63, 3.8) is 0 Å². The molecule has 3 heteroatoms. The van der Waals surface area contributed by atoms with Crippen LogP contribution in [-0.4, -0.2) is 16.1 Å². The van der Waals surface area contributed by atoms with Crippen LogP contribution in [0.4, 0.5) is 0 Å². The summed E-state index contributed by atoms with van der Waals surface area (Å²) in [6, 6.07) is 6.78. The Labute approximate surface area is 108 Å². The van der Waals surface area contributed by atoms with E-state index in [0.29, 0.717) is 0 Å². The van der Waals surface area contributed by atoms with Crippen LogP contribution < -0.4 is 16.1 Å². The van der Waals surface area contributed by atoms with E-state index < -0.39 is 16.1 Å². The predicted octanol–water partition coefficient (Wildman–Crippen LogP) is 2.71. The molecule has 2 N–H and O–H groups in total. The van der Waals surface area contributed by atoms with Crippen LogP contribution >= 0.6 is 0 Å². The van der Waals surface area contributed by atoms with E-state index in [2.05, 4.69) is 63.6 Å². The van der Waals surface area contributed by atoms with Gasteiger partial charge in [0.1, 0.15) is 0 Å². The highest BCUT2D eigenvalue weighted by Gasteiger charge is 2.25. The fraction of sp³-hybridized carbons (Fsp3) is 0.429. The highest BCUT2D eigenvalue weighted by atomic mass is 28.3. The first kappa shape index (κ1) is 14.3. The number of benzene rings is 1. The summed E-state index contributed by atoms with van der Waals surface area (Å²) in [7, 11) is -2.62. The van der Waals surface area contributed by atoms with Crippen LogP contribution in [0.2, 0.25) is 39.3 Å². The van der Waals surface area contributed by atoms with Crippen molar-refractivity contribution < 1.29 is 0 Å². The third-order valence-corrected chi connectivity index (χ3v) is 7.09. The first-order valence-electron chi connectivity index (χ1n) is 6.20. The van der Waals surface area contributed by atoms with Crippen molar-refractivity contribution in [3.8, 4) is 0 Å². The van der Waals surface area contributed by atoms with Gasteiger partial charge in [-0.25, -0.2) is 0 Å². The average molecular weight is 264 g/mol. The van der Waals surface area contributed by atoms with Gasteiger partial charge in [0.15, 0.2) is 0 Å². The van der Waals surface area contributed by atoms with Gasteiger partial charge in [0.25, 0.3) is 0 Å². The third kappa shape index (κ3) is 3.33. The van der Waals surface area contributed by atoms with Crippen LogP contribution in [0.3, 0.4) is 0 Å². The van der Waals surface area contributed by atoms with E-state index in [1.54, 1.807) is 6.20 Å². The summed E-state index contributed by atoms with van der Waals surface area (Å²) in [5.41, 5.74) is 7.03. The van der Waals surface area contributed by atoms with Crippen LogP contribution in [0.1, 0.15) is 5.56 Å². The Morgan fingerprint density at radius 1 is 0.882 bits per heavy atom. The van der Waals surface area contributed by atoms with E-state index >= 15 is 0 Å². The molecule has 0 bridgehead atoms. The van der Waals surface area contributed by atoms with Crippen molar-refractivity contribution in [2.24, 2.45) is 5.73 Å². The minimum absolute atomic E-state index is 1.31. The molecule has 0 aliphatic rings. The Bertz CT molecular complexity index is 391. The molecule has 0 aliphatic heterocycles. The summed E-state index contributed by atoms with van der Waals surface area (Å²) < 4.78 is 0. The lowest BCUT2D eigenvalue weighted by Crippen LogP contribution is -2.48. The second kappa shape index (κ2) is 4.82. The number of rotatable bonds is 3. The smallest absolute Gasteiger partial charge is 0.0783 e. The quantitative estimate of drug-likeness (QED) is 0.834. The molecule has 0 spiro atoms. The van der Waals surface area contributed by atoms with Crippen LogP contribution in [0.15, 0.2) is 24.4 Å². The van der Waals surface area contributed by atoms with Gasteiger partial charge in [-0.1, -0.05) is 67.9 Å². The van der Waals surface area contributed by atoms with Gasteiger partial charge in [0, 0.05) is 0 Å². The topological polar surface area (TPSA) is 26.0 Å². The van der Waals surface area contributed by atoms with E-state index in [1.165, 1.54) is 15.9 Å². The Hall–Kier alpha value is -0.806. The number of hydrogen-bond acceptors (Lipinski definition) is 1. The molecule has 0 aromatic heterocycles. The Kier molecular flexibility index (Phi) is 4.04. The molecule has 17 heavy (non-hydrogen) atoms. The zero-order chi connectivity index (χ0) is 13.3. The predicted molar refractivity (Wildman–Crippen MR) is 85.6 cm³/mol. The maximum atomic E-state index is 5.64. The molecule has 0 aliphatic carbocycles. The van der Waals surface area contributed by atoms with E-state index in [0.717, 1.165) is 0 Å². The lowest BCUT2D eigenvalue weighted by molar-refractivity contribution is 1.60. The molecule has 0 heterocycles. The molecule has 0 unspecified atom stereocenters. The van der Waals surface area contributed by atoms with Crippen LogP contribution in [0, 0.1) is 0 Å². The van der Waals surface area contributed by atoms with Gasteiger partial charge in [-0.2, -0.15) is 0 Å². The molecule has 0 fully saturated rings. The van der Waals surface area contributed by atoms with Crippen molar-refractivity contribution >= 4 is 32.6 Å². The Morgan fingerprint density at radius 2 is 1.29 bits per heavy atom. The molecule has 0 saturated carbocycles. The maximum absolute atomic E-state index is 5.64. The van der Waals surface area contributed by atoms with Gasteiger partial charge in [-0.15, -0.1) is 0 Å². The lowest BCUT2D eigenvalue weighted by Gasteiger charge is -2.26. The molecule has 1 aromatic rings. The summed E-state index contributed by atoms with van der Waals surface area (Å²) in [5.74, 6) is 0. The van der Waals surface area contributed by atoms with Gasteiger partial charge in [0.05, 0.1) is 16.1 Å². The van der Waals surface area contributed by atoms with Crippen molar-refractivity contribution in [1.29, 1.82) is 0 Å². The number of hydrogen-bond donors (Lipinski definition) is 1. The standard InChI is InChI=1S/C14H25NSi2/c1-16(2,3)13-8-7-9-14(17(4,5)6)12(13)10-11-15/h7-11H,15H2,1-6H3. The van der Waals surface area contributed by atoms with Gasteiger partial charge < -0.3 is 5.73 Å². The first-order chi connectivity index (χ1) is 7.68. The highest BCUT2D eigenvalue weighted by molar-refractivity contribution is 6.92. The lowest BCUT2D eigenvalue weighted by atomic mass is 10.2. The SMILES string of the molecule is C[Si](C)(C)c1cccc([Si](C)(C)C)c1C=CN. The van der Waals surface area contributed by atoms with Crippen LogP contribution in [0.25, 0.3) is 6.08 Å². The molecule has 1 nitrogen and oxygen atoms in total. The van der Waals surface area contributed by atoms with Gasteiger partial charge >= 0.3 is 0 Å². The van der Waals surface area contributed by atoms with Crippen LogP contribution in [0.5, 0.6) is 0 Å². The fourth-order valence-electron chi connectivity index (χ4n) is 2.15. The van der Waals surface area contributed by atoms with E-state index in [9.17, 15) is 0 Å². The molecule has 1 rings (SSSR count). The van der Waals surface area contributed by atoms with Crippen molar-refractivity contribution in [3.05, 3.63) is 30.0 Å². The van der Waals surface area contributed by atoms with Crippen molar-refractivity contribution in [2.75, 3.05) is 0 Å². The Balaban J connectivity index is 3.54. The summed E-state index contributed by atoms with van der Waals surface area (Å²) >= 11 is 0. The molecule has 0 amide bonds. The Morgan fingerprint density at radius 3 is 1.59 bits per heavy atom. The van der Waals surface area contributed by atoms with Gasteiger partial charge in [-0.3, -0.25) is 0 Å². The van der Waals surface area contributed by atoms with E-state index in [-0.39, 0.29) is 0 Å². The summed E-state index contributed by atoms with van der Waals surface area (Å²) in [6.45, 7) is 14.4. The minimum Gasteiger partial charge on any atom is -0.405 e. The van der Waals surface area contributed by atoms with Crippen molar-refractivity contribution in [2.45, 2.75) is 39.3 Å². The number of nitrogens with two attached hydrogens (primary N) is 1. The van der Waals surface area contributed by atoms with Crippen LogP contribution in [-0.2, 0) is 0 Å². The highest BCUT2D eigenvalue weighted by Crippen LogP contribution is 2.12. The minimum atomic E-state index is -1.31. The van der Waals surface area contributed by atoms with E-state index in [4.69, 9.17) is 5.73 Å². The molecule has 0 radical (unpaired) electrons. The largest absolute Gasteiger partial charge is 0.405 e. The molecule has 1 aromatic carbocycles. The van der Waals surface area contributed by atoms with Gasteiger partial charge in [-0.05, 0) is 17.8 Å². The zero-order valence-electron chi connectivity index (χ0n) is 12.0. The molecule has 94 valence electrons. The average Bonchev–Trinajstić information content (AvgIpc) is 2.15. The summed E-state index contributed by atoms with van der Waals surface area (Å²) in [5, 5.41) is 3.05. The summed E-state index contributed by atoms with van der Waals surface area (Å²) in [4.78, 5) is 0. The second-order valence-corrected chi connectivity index (χ2v) is 16.7. The monoisotopic (exact) mass is 263 g/mol. The van der Waals surface area contributed by atoms with Crippen molar-refractivity contribution in [1.82, 2.24) is 0 Å². The van der Waals surface area contributed by atoms with E-state index in [1.807, 2.05) is 0 Å². The molecule has 0 atom stereocenters. The normalized spacial score (nSPS) is 13.3. The third-order valence-electron chi connectivity index (χ3n) is 2.99. The maximum Gasteiger partial charge on any atom is 0.0783 e. The summed E-state index contributed by atoms with van der Waals surface area (Å²) in [6.07, 6.45) is 3.78. The zero-order valence-corrected chi connectivity index (χ0v) is 14.0. The second-order valence-electron chi connectivity index (χ2n) is 6.63. The first-order valence-corrected chi connectivity index (χ1v) is 13.2. The molecular weight excluding hydrogens is 238 g/mol. The molecular formula is C14H25NSi2. The van der Waals surface area contributed by atoms with Gasteiger partial charge in [0.2, 0.25) is 0 Å². The molecule has 0 saturated heterocycles. The fourth-order valence-corrected chi connectivity index (χ4v) is 5.52.